The molecule has 0 aromatic rings. The van der Waals surface area contributed by atoms with E-state index >= 15 is 0 Å². The largest absolute Gasteiger partial charge is 0.350 e. The summed E-state index contributed by atoms with van der Waals surface area (Å²) in [7, 11) is 0. The fourth-order valence-electron chi connectivity index (χ4n) is 1.26. The molecule has 0 saturated heterocycles. The Morgan fingerprint density at radius 2 is 1.50 bits per heavy atom. The van der Waals surface area contributed by atoms with Crippen LogP contribution < -0.4 is 0 Å². The van der Waals surface area contributed by atoms with Gasteiger partial charge in [0, 0.05) is 13.0 Å². The van der Waals surface area contributed by atoms with Gasteiger partial charge in [-0.05, 0) is 31.1 Å². The minimum atomic E-state index is -0.801. The van der Waals surface area contributed by atoms with Gasteiger partial charge in [0.15, 0.2) is 6.29 Å². The van der Waals surface area contributed by atoms with Gasteiger partial charge in [-0.2, -0.15) is 0 Å². The second kappa shape index (κ2) is 8.25. The summed E-state index contributed by atoms with van der Waals surface area (Å²) in [5, 5.41) is 11.3. The molecule has 85 valence electrons. The van der Waals surface area contributed by atoms with E-state index in [1.165, 1.54) is 0 Å². The van der Waals surface area contributed by atoms with Gasteiger partial charge in [-0.25, -0.2) is 5.11 Å². The first-order valence-electron chi connectivity index (χ1n) is 5.79. The van der Waals surface area contributed by atoms with Gasteiger partial charge < -0.3 is 4.74 Å². The molecule has 0 N–H and O–H groups in total. The molecule has 0 aliphatic heterocycles. The van der Waals surface area contributed by atoms with E-state index in [0.717, 1.165) is 19.3 Å². The molecule has 1 unspecified atom stereocenters. The molecule has 0 spiro atoms. The van der Waals surface area contributed by atoms with Crippen molar-refractivity contribution in [3.63, 3.8) is 0 Å². The lowest BCUT2D eigenvalue weighted by molar-refractivity contribution is -0.145. The lowest BCUT2D eigenvalue weighted by Crippen LogP contribution is -2.12. The highest BCUT2D eigenvalue weighted by Crippen LogP contribution is 2.09. The molecule has 0 rings (SSSR count). The van der Waals surface area contributed by atoms with Crippen LogP contribution in [0, 0.1) is 11.8 Å². The Morgan fingerprint density at radius 3 is 2.00 bits per heavy atom. The van der Waals surface area contributed by atoms with E-state index in [9.17, 15) is 5.11 Å². The normalized spacial score (nSPS) is 13.9. The standard InChI is InChI=1S/C12H25O2/c1-10(2)6-5-9-14-12(13)8-7-11(3)4/h10-12H,5-9H2,1-4H3. The first kappa shape index (κ1) is 13.9. The van der Waals surface area contributed by atoms with Gasteiger partial charge >= 0.3 is 0 Å². The zero-order valence-electron chi connectivity index (χ0n) is 10.1. The SMILES string of the molecule is CC(C)CCCOC([O])CCC(C)C. The minimum Gasteiger partial charge on any atom is -0.350 e. The molecule has 0 fully saturated rings. The third-order valence-corrected chi connectivity index (χ3v) is 2.21. The van der Waals surface area contributed by atoms with Gasteiger partial charge in [-0.15, -0.1) is 0 Å². The summed E-state index contributed by atoms with van der Waals surface area (Å²) in [5.74, 6) is 1.31. The molecule has 2 nitrogen and oxygen atoms in total. The molecule has 0 aromatic heterocycles. The van der Waals surface area contributed by atoms with E-state index in [0.29, 0.717) is 24.9 Å². The Labute approximate surface area is 88.7 Å². The number of ether oxygens (including phenoxy) is 1. The molecular weight excluding hydrogens is 176 g/mol. The maximum atomic E-state index is 11.3. The summed E-state index contributed by atoms with van der Waals surface area (Å²) in [6.45, 7) is 9.27. The zero-order valence-corrected chi connectivity index (χ0v) is 10.1. The molecule has 0 aliphatic rings. The Kier molecular flexibility index (Phi) is 8.20. The molecule has 14 heavy (non-hydrogen) atoms. The summed E-state index contributed by atoms with van der Waals surface area (Å²) < 4.78 is 5.19. The highest BCUT2D eigenvalue weighted by molar-refractivity contribution is 4.49. The Bertz CT molecular complexity index is 121. The lowest BCUT2D eigenvalue weighted by Gasteiger charge is -2.11. The van der Waals surface area contributed by atoms with Crippen LogP contribution in [0.3, 0.4) is 0 Å². The lowest BCUT2D eigenvalue weighted by atomic mass is 10.1. The average Bonchev–Trinajstić information content (AvgIpc) is 2.08. The van der Waals surface area contributed by atoms with Gasteiger partial charge in [-0.3, -0.25) is 0 Å². The van der Waals surface area contributed by atoms with Gasteiger partial charge in [0.1, 0.15) is 0 Å². The first-order chi connectivity index (χ1) is 6.52. The fourth-order valence-corrected chi connectivity index (χ4v) is 1.26. The van der Waals surface area contributed by atoms with Crippen LogP contribution in [0.25, 0.3) is 0 Å². The molecular formula is C12H25O2. The van der Waals surface area contributed by atoms with Crippen molar-refractivity contribution >= 4 is 0 Å². The Hall–Kier alpha value is -0.0800. The predicted octanol–water partition coefficient (Wildman–Crippen LogP) is 3.63. The first-order valence-corrected chi connectivity index (χ1v) is 5.79. The van der Waals surface area contributed by atoms with Gasteiger partial charge in [0.2, 0.25) is 0 Å². The van der Waals surface area contributed by atoms with Crippen LogP contribution in [-0.2, 0) is 9.84 Å². The monoisotopic (exact) mass is 201 g/mol. The molecule has 0 bridgehead atoms. The topological polar surface area (TPSA) is 29.1 Å². The third kappa shape index (κ3) is 10.0. The van der Waals surface area contributed by atoms with Crippen molar-refractivity contribution in [2.24, 2.45) is 11.8 Å². The summed E-state index contributed by atoms with van der Waals surface area (Å²) in [6, 6.07) is 0. The molecule has 0 aliphatic carbocycles. The molecule has 0 amide bonds. The van der Waals surface area contributed by atoms with Crippen LogP contribution in [0.1, 0.15) is 53.4 Å². The minimum absolute atomic E-state index is 0.603. The van der Waals surface area contributed by atoms with Gasteiger partial charge in [0.05, 0.1) is 0 Å². The van der Waals surface area contributed by atoms with E-state index in [-0.39, 0.29) is 0 Å². The molecule has 2 heteroatoms. The van der Waals surface area contributed by atoms with Crippen LogP contribution in [0.5, 0.6) is 0 Å². The molecule has 1 radical (unpaired) electrons. The predicted molar refractivity (Wildman–Crippen MR) is 58.6 cm³/mol. The van der Waals surface area contributed by atoms with Crippen molar-refractivity contribution in [2.45, 2.75) is 59.7 Å². The van der Waals surface area contributed by atoms with Crippen molar-refractivity contribution in [3.8, 4) is 0 Å². The Morgan fingerprint density at radius 1 is 0.929 bits per heavy atom. The maximum absolute atomic E-state index is 11.3. The molecule has 0 heterocycles. The van der Waals surface area contributed by atoms with Gasteiger partial charge in [-0.1, -0.05) is 27.7 Å². The smallest absolute Gasteiger partial charge is 0.191 e. The molecule has 0 aromatic carbocycles. The highest BCUT2D eigenvalue weighted by Gasteiger charge is 2.07. The van der Waals surface area contributed by atoms with Crippen LogP contribution in [-0.4, -0.2) is 12.9 Å². The van der Waals surface area contributed by atoms with E-state index in [2.05, 4.69) is 27.7 Å². The van der Waals surface area contributed by atoms with Crippen molar-refractivity contribution in [2.75, 3.05) is 6.61 Å². The maximum Gasteiger partial charge on any atom is 0.191 e. The summed E-state index contributed by atoms with van der Waals surface area (Å²) in [4.78, 5) is 0. The number of rotatable bonds is 8. The van der Waals surface area contributed by atoms with Crippen LogP contribution in [0.2, 0.25) is 0 Å². The fraction of sp³-hybridized carbons (Fsp3) is 1.00. The van der Waals surface area contributed by atoms with Crippen molar-refractivity contribution in [1.82, 2.24) is 0 Å². The third-order valence-electron chi connectivity index (χ3n) is 2.21. The van der Waals surface area contributed by atoms with E-state index in [1.807, 2.05) is 0 Å². The second-order valence-corrected chi connectivity index (χ2v) is 4.81. The van der Waals surface area contributed by atoms with Crippen LogP contribution in [0.15, 0.2) is 0 Å². The number of hydrogen-bond donors (Lipinski definition) is 0. The average molecular weight is 201 g/mol. The van der Waals surface area contributed by atoms with E-state index < -0.39 is 6.29 Å². The van der Waals surface area contributed by atoms with E-state index in [4.69, 9.17) is 4.74 Å². The quantitative estimate of drug-likeness (QED) is 0.435. The van der Waals surface area contributed by atoms with Crippen molar-refractivity contribution in [3.05, 3.63) is 0 Å². The summed E-state index contributed by atoms with van der Waals surface area (Å²) in [6.07, 6.45) is 2.98. The molecule has 0 saturated carbocycles. The van der Waals surface area contributed by atoms with Crippen molar-refractivity contribution < 1.29 is 9.84 Å². The van der Waals surface area contributed by atoms with Gasteiger partial charge in [0.25, 0.3) is 0 Å². The van der Waals surface area contributed by atoms with Crippen molar-refractivity contribution in [1.29, 1.82) is 0 Å². The van der Waals surface area contributed by atoms with Crippen LogP contribution >= 0.6 is 0 Å². The second-order valence-electron chi connectivity index (χ2n) is 4.81. The number of hydrogen-bond acceptors (Lipinski definition) is 1. The van der Waals surface area contributed by atoms with E-state index in [1.54, 1.807) is 0 Å². The zero-order chi connectivity index (χ0) is 11.0. The molecule has 1 atom stereocenters. The highest BCUT2D eigenvalue weighted by atomic mass is 16.6. The Balaban J connectivity index is 3.22. The summed E-state index contributed by atoms with van der Waals surface area (Å²) in [5.41, 5.74) is 0. The van der Waals surface area contributed by atoms with Crippen LogP contribution in [0.4, 0.5) is 0 Å². The summed E-state index contributed by atoms with van der Waals surface area (Å²) >= 11 is 0.